The minimum absolute atomic E-state index is 0.291. The summed E-state index contributed by atoms with van der Waals surface area (Å²) in [6.07, 6.45) is 10.0. The standard InChI is InChI=1S/C16H27N3O/c1-16(2)10-6-5-8-12(16)15-18-14(19-20-15)13-9-4-3-7-11-17-13/h12-13,17H,3-11H2,1-2H3. The molecule has 112 valence electrons. The van der Waals surface area contributed by atoms with Crippen molar-refractivity contribution in [3.8, 4) is 0 Å². The average Bonchev–Trinajstić information content (AvgIpc) is 2.73. The Morgan fingerprint density at radius 1 is 1.10 bits per heavy atom. The van der Waals surface area contributed by atoms with Crippen LogP contribution in [0.3, 0.4) is 0 Å². The van der Waals surface area contributed by atoms with E-state index in [0.717, 1.165) is 24.7 Å². The summed E-state index contributed by atoms with van der Waals surface area (Å²) in [5, 5.41) is 7.82. The molecule has 3 rings (SSSR count). The van der Waals surface area contributed by atoms with Gasteiger partial charge < -0.3 is 9.84 Å². The number of hydrogen-bond acceptors (Lipinski definition) is 4. The van der Waals surface area contributed by atoms with Crippen molar-refractivity contribution in [2.45, 2.75) is 77.2 Å². The molecule has 0 amide bonds. The molecule has 1 aliphatic carbocycles. The third kappa shape index (κ3) is 2.90. The van der Waals surface area contributed by atoms with E-state index in [1.807, 2.05) is 0 Å². The van der Waals surface area contributed by atoms with Crippen LogP contribution >= 0.6 is 0 Å². The summed E-state index contributed by atoms with van der Waals surface area (Å²) in [4.78, 5) is 4.75. The lowest BCUT2D eigenvalue weighted by molar-refractivity contribution is 0.164. The molecule has 1 aromatic heterocycles. The molecule has 1 N–H and O–H groups in total. The molecule has 20 heavy (non-hydrogen) atoms. The van der Waals surface area contributed by atoms with Gasteiger partial charge >= 0.3 is 0 Å². The first-order valence-corrected chi connectivity index (χ1v) is 8.24. The van der Waals surface area contributed by atoms with E-state index in [-0.39, 0.29) is 0 Å². The lowest BCUT2D eigenvalue weighted by Gasteiger charge is -2.36. The zero-order valence-electron chi connectivity index (χ0n) is 12.8. The molecule has 2 fully saturated rings. The maximum absolute atomic E-state index is 5.63. The van der Waals surface area contributed by atoms with Crippen LogP contribution in [0.25, 0.3) is 0 Å². The molecule has 2 atom stereocenters. The van der Waals surface area contributed by atoms with Gasteiger partial charge in [-0.15, -0.1) is 0 Å². The SMILES string of the molecule is CC1(C)CCCCC1c1nc(C2CCCCCN2)no1. The summed E-state index contributed by atoms with van der Waals surface area (Å²) < 4.78 is 5.63. The van der Waals surface area contributed by atoms with Crippen molar-refractivity contribution in [3.05, 3.63) is 11.7 Å². The summed E-state index contributed by atoms with van der Waals surface area (Å²) in [7, 11) is 0. The van der Waals surface area contributed by atoms with Crippen molar-refractivity contribution >= 4 is 0 Å². The maximum Gasteiger partial charge on any atom is 0.230 e. The Morgan fingerprint density at radius 2 is 1.95 bits per heavy atom. The molecule has 1 saturated carbocycles. The van der Waals surface area contributed by atoms with Gasteiger partial charge in [-0.25, -0.2) is 0 Å². The molecule has 0 bridgehead atoms. The van der Waals surface area contributed by atoms with Gasteiger partial charge in [-0.3, -0.25) is 0 Å². The first kappa shape index (κ1) is 14.1. The smallest absolute Gasteiger partial charge is 0.230 e. The number of aromatic nitrogens is 2. The minimum Gasteiger partial charge on any atom is -0.339 e. The Balaban J connectivity index is 1.75. The summed E-state index contributed by atoms with van der Waals surface area (Å²) in [6.45, 7) is 5.75. The summed E-state index contributed by atoms with van der Waals surface area (Å²) in [5.74, 6) is 2.18. The van der Waals surface area contributed by atoms with Crippen LogP contribution in [-0.4, -0.2) is 16.7 Å². The van der Waals surface area contributed by atoms with Crippen LogP contribution in [0.15, 0.2) is 4.52 Å². The van der Waals surface area contributed by atoms with Gasteiger partial charge in [-0.2, -0.15) is 4.98 Å². The second kappa shape index (κ2) is 5.84. The highest BCUT2D eigenvalue weighted by atomic mass is 16.5. The third-order valence-corrected chi connectivity index (χ3v) is 5.13. The summed E-state index contributed by atoms with van der Waals surface area (Å²) >= 11 is 0. The first-order chi connectivity index (χ1) is 9.67. The van der Waals surface area contributed by atoms with Gasteiger partial charge in [-0.1, -0.05) is 44.7 Å². The van der Waals surface area contributed by atoms with Crippen molar-refractivity contribution in [1.82, 2.24) is 15.5 Å². The van der Waals surface area contributed by atoms with E-state index in [1.165, 1.54) is 44.9 Å². The van der Waals surface area contributed by atoms with Gasteiger partial charge in [0.15, 0.2) is 5.82 Å². The zero-order chi connectivity index (χ0) is 14.0. The van der Waals surface area contributed by atoms with E-state index < -0.39 is 0 Å². The van der Waals surface area contributed by atoms with E-state index >= 15 is 0 Å². The average molecular weight is 277 g/mol. The Kier molecular flexibility index (Phi) is 4.11. The summed E-state index contributed by atoms with van der Waals surface area (Å²) in [6, 6.07) is 0.293. The third-order valence-electron chi connectivity index (χ3n) is 5.13. The van der Waals surface area contributed by atoms with E-state index in [1.54, 1.807) is 0 Å². The van der Waals surface area contributed by atoms with Crippen molar-refractivity contribution in [2.75, 3.05) is 6.54 Å². The highest BCUT2D eigenvalue weighted by molar-refractivity contribution is 5.04. The molecular formula is C16H27N3O. The fourth-order valence-electron chi connectivity index (χ4n) is 3.73. The number of nitrogens with zero attached hydrogens (tertiary/aromatic N) is 2. The van der Waals surface area contributed by atoms with Crippen LogP contribution in [0.2, 0.25) is 0 Å². The molecule has 1 saturated heterocycles. The molecule has 2 heterocycles. The molecular weight excluding hydrogens is 250 g/mol. The molecule has 0 aromatic carbocycles. The topological polar surface area (TPSA) is 51.0 Å². The maximum atomic E-state index is 5.63. The van der Waals surface area contributed by atoms with Crippen molar-refractivity contribution in [3.63, 3.8) is 0 Å². The Morgan fingerprint density at radius 3 is 2.80 bits per heavy atom. The zero-order valence-corrected chi connectivity index (χ0v) is 12.8. The van der Waals surface area contributed by atoms with Crippen molar-refractivity contribution in [2.24, 2.45) is 5.41 Å². The number of nitrogens with one attached hydrogen (secondary N) is 1. The van der Waals surface area contributed by atoms with Crippen LogP contribution in [-0.2, 0) is 0 Å². The van der Waals surface area contributed by atoms with Gasteiger partial charge in [0.05, 0.1) is 6.04 Å². The lowest BCUT2D eigenvalue weighted by Crippen LogP contribution is -2.26. The molecule has 0 radical (unpaired) electrons. The van der Waals surface area contributed by atoms with Crippen LogP contribution in [0.5, 0.6) is 0 Å². The minimum atomic E-state index is 0.291. The largest absolute Gasteiger partial charge is 0.339 e. The molecule has 1 aromatic rings. The Labute approximate surface area is 121 Å². The predicted molar refractivity (Wildman–Crippen MR) is 78.5 cm³/mol. The molecule has 2 aliphatic rings. The normalized spacial score (nSPS) is 30.9. The van der Waals surface area contributed by atoms with Crippen LogP contribution < -0.4 is 5.32 Å². The highest BCUT2D eigenvalue weighted by Gasteiger charge is 2.37. The van der Waals surface area contributed by atoms with Crippen molar-refractivity contribution < 1.29 is 4.52 Å². The molecule has 1 aliphatic heterocycles. The Bertz CT molecular complexity index is 433. The molecule has 2 unspecified atom stereocenters. The number of hydrogen-bond donors (Lipinski definition) is 1. The van der Waals surface area contributed by atoms with E-state index in [9.17, 15) is 0 Å². The van der Waals surface area contributed by atoms with Crippen LogP contribution in [0.1, 0.15) is 88.9 Å². The fourth-order valence-corrected chi connectivity index (χ4v) is 3.73. The monoisotopic (exact) mass is 277 g/mol. The Hall–Kier alpha value is -0.900. The van der Waals surface area contributed by atoms with Gasteiger partial charge in [0.25, 0.3) is 0 Å². The first-order valence-electron chi connectivity index (χ1n) is 8.24. The predicted octanol–water partition coefficient (Wildman–Crippen LogP) is 3.96. The summed E-state index contributed by atoms with van der Waals surface area (Å²) in [5.41, 5.74) is 0.291. The highest BCUT2D eigenvalue weighted by Crippen LogP contribution is 2.46. The second-order valence-electron chi connectivity index (χ2n) is 7.13. The van der Waals surface area contributed by atoms with Gasteiger partial charge in [0.2, 0.25) is 5.89 Å². The van der Waals surface area contributed by atoms with Crippen LogP contribution in [0, 0.1) is 5.41 Å². The van der Waals surface area contributed by atoms with E-state index in [2.05, 4.69) is 24.3 Å². The van der Waals surface area contributed by atoms with Gasteiger partial charge in [-0.05, 0) is 37.6 Å². The molecule has 0 spiro atoms. The fraction of sp³-hybridized carbons (Fsp3) is 0.875. The van der Waals surface area contributed by atoms with Crippen molar-refractivity contribution in [1.29, 1.82) is 0 Å². The van der Waals surface area contributed by atoms with Gasteiger partial charge in [0, 0.05) is 5.92 Å². The number of rotatable bonds is 2. The lowest BCUT2D eigenvalue weighted by atomic mass is 9.69. The van der Waals surface area contributed by atoms with Crippen LogP contribution in [0.4, 0.5) is 0 Å². The molecule has 4 heteroatoms. The van der Waals surface area contributed by atoms with E-state index in [4.69, 9.17) is 9.51 Å². The molecule has 4 nitrogen and oxygen atoms in total. The second-order valence-corrected chi connectivity index (χ2v) is 7.13. The quantitative estimate of drug-likeness (QED) is 0.889. The van der Waals surface area contributed by atoms with E-state index in [0.29, 0.717) is 17.4 Å². The van der Waals surface area contributed by atoms with Gasteiger partial charge in [0.1, 0.15) is 0 Å².